The van der Waals surface area contributed by atoms with Crippen LogP contribution in [0.2, 0.25) is 0 Å². The summed E-state index contributed by atoms with van der Waals surface area (Å²) < 4.78 is 0. The van der Waals surface area contributed by atoms with E-state index in [9.17, 15) is 9.59 Å². The Kier molecular flexibility index (Phi) is 4.73. The molecule has 1 heterocycles. The fraction of sp³-hybridized carbons (Fsp3) is 0.818. The molecule has 0 radical (unpaired) electrons. The normalized spacial score (nSPS) is 23.0. The average molecular weight is 228 g/mol. The van der Waals surface area contributed by atoms with Gasteiger partial charge in [-0.2, -0.15) is 0 Å². The lowest BCUT2D eigenvalue weighted by molar-refractivity contribution is -0.141. The minimum Gasteiger partial charge on any atom is -0.481 e. The monoisotopic (exact) mass is 228 g/mol. The first kappa shape index (κ1) is 13.0. The molecular formula is C11H20N2O3. The smallest absolute Gasteiger partial charge is 0.307 e. The molecule has 1 rings (SSSR count). The number of likely N-dealkylation sites (tertiary alicyclic amines) is 1. The fourth-order valence-electron chi connectivity index (χ4n) is 1.80. The Labute approximate surface area is 95.8 Å². The molecule has 1 saturated heterocycles. The van der Waals surface area contributed by atoms with Gasteiger partial charge in [0.05, 0.1) is 12.5 Å². The van der Waals surface area contributed by atoms with E-state index in [-0.39, 0.29) is 17.9 Å². The number of carbonyl (C=O) groups excluding carboxylic acids is 1. The summed E-state index contributed by atoms with van der Waals surface area (Å²) in [6.45, 7) is 5.48. The summed E-state index contributed by atoms with van der Waals surface area (Å²) in [5.41, 5.74) is 0. The molecule has 0 saturated carbocycles. The highest BCUT2D eigenvalue weighted by Crippen LogP contribution is 2.15. The van der Waals surface area contributed by atoms with Gasteiger partial charge < -0.3 is 10.4 Å². The van der Waals surface area contributed by atoms with Crippen molar-refractivity contribution >= 4 is 11.9 Å². The van der Waals surface area contributed by atoms with Gasteiger partial charge in [-0.15, -0.1) is 0 Å². The number of aliphatic carboxylic acids is 1. The van der Waals surface area contributed by atoms with Gasteiger partial charge in [0.1, 0.15) is 0 Å². The Morgan fingerprint density at radius 2 is 2.25 bits per heavy atom. The van der Waals surface area contributed by atoms with Crippen LogP contribution in [0.15, 0.2) is 0 Å². The fourth-order valence-corrected chi connectivity index (χ4v) is 1.80. The van der Waals surface area contributed by atoms with Crippen molar-refractivity contribution in [2.45, 2.75) is 32.7 Å². The molecule has 5 heteroatoms. The van der Waals surface area contributed by atoms with Crippen LogP contribution in [0.1, 0.15) is 26.7 Å². The lowest BCUT2D eigenvalue weighted by Gasteiger charge is -2.17. The van der Waals surface area contributed by atoms with Crippen molar-refractivity contribution < 1.29 is 14.7 Å². The number of carboxylic acid groups (broad SMARTS) is 1. The summed E-state index contributed by atoms with van der Waals surface area (Å²) in [7, 11) is 0. The largest absolute Gasteiger partial charge is 0.481 e. The average Bonchev–Trinajstić information content (AvgIpc) is 2.65. The van der Waals surface area contributed by atoms with E-state index < -0.39 is 5.97 Å². The van der Waals surface area contributed by atoms with Gasteiger partial charge in [-0.1, -0.05) is 6.92 Å². The first-order valence-electron chi connectivity index (χ1n) is 5.77. The quantitative estimate of drug-likeness (QED) is 0.710. The van der Waals surface area contributed by atoms with Crippen LogP contribution in [0, 0.1) is 5.92 Å². The van der Waals surface area contributed by atoms with Crippen LogP contribution in [0.3, 0.4) is 0 Å². The zero-order valence-corrected chi connectivity index (χ0v) is 9.90. The van der Waals surface area contributed by atoms with Gasteiger partial charge in [0.25, 0.3) is 0 Å². The van der Waals surface area contributed by atoms with Gasteiger partial charge in [0.2, 0.25) is 5.91 Å². The molecule has 0 aromatic carbocycles. The summed E-state index contributed by atoms with van der Waals surface area (Å²) in [5.74, 6) is -1.08. The van der Waals surface area contributed by atoms with E-state index in [0.717, 1.165) is 6.42 Å². The Morgan fingerprint density at radius 3 is 2.75 bits per heavy atom. The maximum absolute atomic E-state index is 11.5. The number of carboxylic acids is 1. The van der Waals surface area contributed by atoms with E-state index >= 15 is 0 Å². The second-order valence-corrected chi connectivity index (χ2v) is 4.44. The first-order chi connectivity index (χ1) is 7.52. The SMILES string of the molecule is CCC(C)NC(=O)CN1CCC(C(=O)O)C1. The van der Waals surface area contributed by atoms with E-state index in [0.29, 0.717) is 26.1 Å². The molecule has 92 valence electrons. The molecule has 0 aliphatic carbocycles. The minimum absolute atomic E-state index is 0.0135. The molecule has 16 heavy (non-hydrogen) atoms. The molecule has 2 N–H and O–H groups in total. The predicted octanol–water partition coefficient (Wildman–Crippen LogP) is 0.308. The van der Waals surface area contributed by atoms with Gasteiger partial charge in [0.15, 0.2) is 0 Å². The van der Waals surface area contributed by atoms with E-state index in [1.54, 1.807) is 0 Å². The highest BCUT2D eigenvalue weighted by Gasteiger charge is 2.28. The lowest BCUT2D eigenvalue weighted by atomic mass is 10.1. The van der Waals surface area contributed by atoms with Gasteiger partial charge in [0, 0.05) is 12.6 Å². The van der Waals surface area contributed by atoms with Gasteiger partial charge in [-0.3, -0.25) is 14.5 Å². The van der Waals surface area contributed by atoms with Crippen molar-refractivity contribution in [3.8, 4) is 0 Å². The molecule has 0 aromatic rings. The Morgan fingerprint density at radius 1 is 1.56 bits per heavy atom. The zero-order chi connectivity index (χ0) is 12.1. The molecule has 1 amide bonds. The summed E-state index contributed by atoms with van der Waals surface area (Å²) in [6.07, 6.45) is 1.55. The molecule has 1 fully saturated rings. The third kappa shape index (κ3) is 3.81. The maximum atomic E-state index is 11.5. The van der Waals surface area contributed by atoms with Crippen LogP contribution < -0.4 is 5.32 Å². The molecule has 2 atom stereocenters. The molecule has 1 aliphatic rings. The lowest BCUT2D eigenvalue weighted by Crippen LogP contribution is -2.40. The molecule has 0 bridgehead atoms. The molecule has 0 spiro atoms. The highest BCUT2D eigenvalue weighted by molar-refractivity contribution is 5.78. The zero-order valence-electron chi connectivity index (χ0n) is 9.90. The van der Waals surface area contributed by atoms with Crippen LogP contribution >= 0.6 is 0 Å². The Hall–Kier alpha value is -1.10. The van der Waals surface area contributed by atoms with E-state index in [1.165, 1.54) is 0 Å². The number of rotatable bonds is 5. The van der Waals surface area contributed by atoms with Crippen molar-refractivity contribution in [3.63, 3.8) is 0 Å². The second kappa shape index (κ2) is 5.84. The standard InChI is InChI=1S/C11H20N2O3/c1-3-8(2)12-10(14)7-13-5-4-9(6-13)11(15)16/h8-9H,3-7H2,1-2H3,(H,12,14)(H,15,16). The van der Waals surface area contributed by atoms with Crippen LogP contribution in [0.5, 0.6) is 0 Å². The maximum Gasteiger partial charge on any atom is 0.307 e. The van der Waals surface area contributed by atoms with Gasteiger partial charge in [-0.05, 0) is 26.3 Å². The van der Waals surface area contributed by atoms with E-state index in [1.807, 2.05) is 18.7 Å². The molecule has 2 unspecified atom stereocenters. The molecule has 1 aliphatic heterocycles. The van der Waals surface area contributed by atoms with Gasteiger partial charge in [-0.25, -0.2) is 0 Å². The third-order valence-corrected chi connectivity index (χ3v) is 3.01. The Balaban J connectivity index is 2.28. The highest BCUT2D eigenvalue weighted by atomic mass is 16.4. The third-order valence-electron chi connectivity index (χ3n) is 3.01. The minimum atomic E-state index is -0.759. The number of carbonyl (C=O) groups is 2. The summed E-state index contributed by atoms with van der Waals surface area (Å²) in [5, 5.41) is 11.7. The predicted molar refractivity (Wildman–Crippen MR) is 60.1 cm³/mol. The molecule has 0 aromatic heterocycles. The van der Waals surface area contributed by atoms with Crippen molar-refractivity contribution in [1.29, 1.82) is 0 Å². The number of nitrogens with zero attached hydrogens (tertiary/aromatic N) is 1. The van der Waals surface area contributed by atoms with Crippen LogP contribution in [-0.4, -0.2) is 47.6 Å². The number of hydrogen-bond donors (Lipinski definition) is 2. The number of nitrogens with one attached hydrogen (secondary N) is 1. The first-order valence-corrected chi connectivity index (χ1v) is 5.77. The van der Waals surface area contributed by atoms with Crippen LogP contribution in [0.4, 0.5) is 0 Å². The van der Waals surface area contributed by atoms with Crippen molar-refractivity contribution in [2.75, 3.05) is 19.6 Å². The number of amides is 1. The number of hydrogen-bond acceptors (Lipinski definition) is 3. The second-order valence-electron chi connectivity index (χ2n) is 4.44. The van der Waals surface area contributed by atoms with Crippen LogP contribution in [-0.2, 0) is 9.59 Å². The Bertz CT molecular complexity index is 268. The topological polar surface area (TPSA) is 69.6 Å². The van der Waals surface area contributed by atoms with E-state index in [2.05, 4.69) is 5.32 Å². The van der Waals surface area contributed by atoms with E-state index in [4.69, 9.17) is 5.11 Å². The summed E-state index contributed by atoms with van der Waals surface area (Å²) >= 11 is 0. The summed E-state index contributed by atoms with van der Waals surface area (Å²) in [4.78, 5) is 24.2. The molecule has 5 nitrogen and oxygen atoms in total. The van der Waals surface area contributed by atoms with Crippen molar-refractivity contribution in [1.82, 2.24) is 10.2 Å². The summed E-state index contributed by atoms with van der Waals surface area (Å²) in [6, 6.07) is 0.186. The molecular weight excluding hydrogens is 208 g/mol. The van der Waals surface area contributed by atoms with Crippen molar-refractivity contribution in [2.24, 2.45) is 5.92 Å². The van der Waals surface area contributed by atoms with Crippen molar-refractivity contribution in [3.05, 3.63) is 0 Å². The van der Waals surface area contributed by atoms with Crippen LogP contribution in [0.25, 0.3) is 0 Å². The van der Waals surface area contributed by atoms with Gasteiger partial charge >= 0.3 is 5.97 Å².